The molecule has 0 saturated carbocycles. The molecule has 0 atom stereocenters. The van der Waals surface area contributed by atoms with Crippen molar-refractivity contribution in [3.63, 3.8) is 0 Å². The smallest absolute Gasteiger partial charge is 0.245 e. The number of primary amides is 1. The zero-order chi connectivity index (χ0) is 10.7. The van der Waals surface area contributed by atoms with Gasteiger partial charge in [-0.15, -0.1) is 0 Å². The number of nitrogens with one attached hydrogen (secondary N) is 1. The molecule has 0 aliphatic rings. The minimum absolute atomic E-state index is 0. The van der Waals surface area contributed by atoms with Gasteiger partial charge in [-0.2, -0.15) is 4.98 Å². The van der Waals surface area contributed by atoms with E-state index in [1.54, 1.807) is 0 Å². The van der Waals surface area contributed by atoms with E-state index in [1.165, 1.54) is 11.3 Å². The fourth-order valence-corrected chi connectivity index (χ4v) is 2.19. The van der Waals surface area contributed by atoms with E-state index in [-0.39, 0.29) is 29.3 Å². The van der Waals surface area contributed by atoms with Crippen LogP contribution in [0.25, 0.3) is 11.3 Å². The number of carbonyl (C=O) groups excluding carboxylic acids is 1. The van der Waals surface area contributed by atoms with E-state index < -0.39 is 0 Å². The third-order valence-corrected chi connectivity index (χ3v) is 2.90. The summed E-state index contributed by atoms with van der Waals surface area (Å²) in [7, 11) is 0. The Hall–Kier alpha value is -1.20. The average molecular weight is 299 g/mol. The number of nitrogens with two attached hydrogens (primary N) is 1. The number of aromatic nitrogens is 1. The number of rotatable bonds is 3. The summed E-state index contributed by atoms with van der Waals surface area (Å²) in [5.74, 6) is -0.312. The van der Waals surface area contributed by atoms with Crippen molar-refractivity contribution < 1.29 is 26.8 Å². The normalized spacial score (nSPS) is 9.50. The van der Waals surface area contributed by atoms with Gasteiger partial charge in [0.2, 0.25) is 16.6 Å². The number of aromatic amines is 1. The van der Waals surface area contributed by atoms with Gasteiger partial charge in [0.15, 0.2) is 0 Å². The van der Waals surface area contributed by atoms with E-state index in [0.717, 1.165) is 16.3 Å². The number of benzene rings is 1. The zero-order valence-corrected chi connectivity index (χ0v) is 10.8. The molecule has 2 aromatic rings. The lowest BCUT2D eigenvalue weighted by atomic mass is 10.2. The van der Waals surface area contributed by atoms with Crippen molar-refractivity contribution in [2.24, 2.45) is 5.73 Å². The molecule has 16 heavy (non-hydrogen) atoms. The van der Waals surface area contributed by atoms with Gasteiger partial charge in [0, 0.05) is 5.56 Å². The Morgan fingerprint density at radius 2 is 2.00 bits per heavy atom. The highest BCUT2D eigenvalue weighted by molar-refractivity contribution is 7.09. The first-order valence-electron chi connectivity index (χ1n) is 4.59. The van der Waals surface area contributed by atoms with Gasteiger partial charge in [0.05, 0.1) is 5.38 Å². The molecule has 0 radical (unpaired) electrons. The number of hydrogen-bond donors (Lipinski definition) is 1. The summed E-state index contributed by atoms with van der Waals surface area (Å²) in [6, 6.07) is 9.97. The highest BCUT2D eigenvalue weighted by Gasteiger charge is 2.13. The Labute approximate surface area is 108 Å². The highest BCUT2D eigenvalue weighted by Crippen LogP contribution is 2.17. The van der Waals surface area contributed by atoms with Crippen molar-refractivity contribution >= 4 is 17.2 Å². The highest BCUT2D eigenvalue weighted by atomic mass is 79.9. The summed E-state index contributed by atoms with van der Waals surface area (Å²) in [4.78, 5) is 13.9. The van der Waals surface area contributed by atoms with Crippen molar-refractivity contribution in [3.8, 4) is 11.3 Å². The summed E-state index contributed by atoms with van der Waals surface area (Å²) < 4.78 is 0. The molecule has 3 nitrogen and oxygen atoms in total. The minimum Gasteiger partial charge on any atom is -1.00 e. The van der Waals surface area contributed by atoms with E-state index in [0.29, 0.717) is 0 Å². The molecular weight excluding hydrogens is 288 g/mol. The van der Waals surface area contributed by atoms with Gasteiger partial charge in [0.25, 0.3) is 0 Å². The number of thiazole rings is 1. The summed E-state index contributed by atoms with van der Waals surface area (Å²) in [5, 5.41) is 2.88. The second-order valence-electron chi connectivity index (χ2n) is 3.21. The van der Waals surface area contributed by atoms with Gasteiger partial charge in [-0.05, 0) is 12.1 Å². The number of H-pyrrole nitrogens is 1. The summed E-state index contributed by atoms with van der Waals surface area (Å²) in [5.41, 5.74) is 7.26. The fraction of sp³-hybridized carbons (Fsp3) is 0.0909. The maximum absolute atomic E-state index is 10.7. The quantitative estimate of drug-likeness (QED) is 0.719. The number of hydrogen-bond acceptors (Lipinski definition) is 2. The molecule has 0 saturated heterocycles. The van der Waals surface area contributed by atoms with E-state index in [9.17, 15) is 4.79 Å². The molecule has 0 spiro atoms. The predicted molar refractivity (Wildman–Crippen MR) is 59.2 cm³/mol. The van der Waals surface area contributed by atoms with Crippen molar-refractivity contribution in [3.05, 3.63) is 40.7 Å². The van der Waals surface area contributed by atoms with Gasteiger partial charge >= 0.3 is 0 Å². The van der Waals surface area contributed by atoms with Crippen molar-refractivity contribution in [2.45, 2.75) is 6.42 Å². The molecular formula is C11H11BrN2OS. The number of halogens is 1. The van der Waals surface area contributed by atoms with Gasteiger partial charge in [0.1, 0.15) is 6.42 Å². The molecule has 3 N–H and O–H groups in total. The van der Waals surface area contributed by atoms with Crippen LogP contribution >= 0.6 is 11.3 Å². The van der Waals surface area contributed by atoms with Crippen LogP contribution in [-0.4, -0.2) is 5.91 Å². The van der Waals surface area contributed by atoms with Gasteiger partial charge in [-0.3, -0.25) is 4.79 Å². The summed E-state index contributed by atoms with van der Waals surface area (Å²) in [6.07, 6.45) is 0.275. The van der Waals surface area contributed by atoms with Crippen LogP contribution in [0.15, 0.2) is 35.7 Å². The van der Waals surface area contributed by atoms with Crippen LogP contribution in [0.4, 0.5) is 0 Å². The molecule has 84 valence electrons. The van der Waals surface area contributed by atoms with Crippen LogP contribution in [0.3, 0.4) is 0 Å². The first-order chi connectivity index (χ1) is 7.25. The maximum Gasteiger partial charge on any atom is 0.245 e. The molecule has 0 aliphatic carbocycles. The van der Waals surface area contributed by atoms with Crippen molar-refractivity contribution in [1.29, 1.82) is 0 Å². The summed E-state index contributed by atoms with van der Waals surface area (Å²) in [6.45, 7) is 0. The lowest BCUT2D eigenvalue weighted by Crippen LogP contribution is -3.00. The van der Waals surface area contributed by atoms with Crippen LogP contribution in [0.2, 0.25) is 0 Å². The minimum atomic E-state index is -0.312. The standard InChI is InChI=1S/C11H10N2OS.BrH/c12-10(14)6-11-13-9(7-15-11)8-4-2-1-3-5-8;/h1-5,7H,6H2,(H2,12,14);1H. The number of carbonyl (C=O) groups is 1. The zero-order valence-electron chi connectivity index (χ0n) is 8.44. The Morgan fingerprint density at radius 1 is 1.31 bits per heavy atom. The molecule has 0 bridgehead atoms. The van der Waals surface area contributed by atoms with Gasteiger partial charge in [-0.1, -0.05) is 29.5 Å². The molecule has 1 amide bonds. The molecule has 0 unspecified atom stereocenters. The third kappa shape index (κ3) is 3.15. The molecule has 1 heterocycles. The maximum atomic E-state index is 10.7. The molecule has 1 aromatic carbocycles. The molecule has 0 fully saturated rings. The van der Waals surface area contributed by atoms with Crippen molar-refractivity contribution in [2.75, 3.05) is 0 Å². The Morgan fingerprint density at radius 3 is 2.62 bits per heavy atom. The topological polar surface area (TPSA) is 57.2 Å². The second kappa shape index (κ2) is 5.77. The lowest BCUT2D eigenvalue weighted by Gasteiger charge is -1.88. The fourth-order valence-electron chi connectivity index (χ4n) is 1.34. The molecule has 5 heteroatoms. The largest absolute Gasteiger partial charge is 1.00 e. The van der Waals surface area contributed by atoms with Crippen LogP contribution in [0.5, 0.6) is 0 Å². The predicted octanol–water partition coefficient (Wildman–Crippen LogP) is -1.74. The van der Waals surface area contributed by atoms with Gasteiger partial charge < -0.3 is 22.7 Å². The van der Waals surface area contributed by atoms with E-state index in [1.807, 2.05) is 35.7 Å². The van der Waals surface area contributed by atoms with E-state index in [4.69, 9.17) is 5.73 Å². The molecule has 1 aromatic heterocycles. The number of amides is 1. The average Bonchev–Trinajstić information content (AvgIpc) is 2.67. The first kappa shape index (κ1) is 12.9. The SMILES string of the molecule is NC(=O)Cc1[nH+]c(-c2ccccc2)cs1.[Br-]. The Balaban J connectivity index is 0.00000128. The monoisotopic (exact) mass is 298 g/mol. The third-order valence-electron chi connectivity index (χ3n) is 2.01. The molecule has 2 rings (SSSR count). The second-order valence-corrected chi connectivity index (χ2v) is 4.17. The Kier molecular flexibility index (Phi) is 4.64. The van der Waals surface area contributed by atoms with E-state index in [2.05, 4.69) is 4.98 Å². The van der Waals surface area contributed by atoms with Crippen molar-refractivity contribution in [1.82, 2.24) is 0 Å². The van der Waals surface area contributed by atoms with E-state index >= 15 is 0 Å². The van der Waals surface area contributed by atoms with Crippen LogP contribution in [0.1, 0.15) is 5.01 Å². The van der Waals surface area contributed by atoms with Crippen LogP contribution in [-0.2, 0) is 11.2 Å². The van der Waals surface area contributed by atoms with Gasteiger partial charge in [-0.25, -0.2) is 0 Å². The van der Waals surface area contributed by atoms with Crippen LogP contribution < -0.4 is 27.7 Å². The first-order valence-corrected chi connectivity index (χ1v) is 5.47. The lowest BCUT2D eigenvalue weighted by molar-refractivity contribution is -0.368. The Bertz CT molecular complexity index is 470. The van der Waals surface area contributed by atoms with Crippen LogP contribution in [0, 0.1) is 0 Å². The molecule has 0 aliphatic heterocycles. The summed E-state index contributed by atoms with van der Waals surface area (Å²) >= 11 is 1.52.